The van der Waals surface area contributed by atoms with Crippen LogP contribution < -0.4 is 10.6 Å². The van der Waals surface area contributed by atoms with Gasteiger partial charge in [-0.2, -0.15) is 0 Å². The highest BCUT2D eigenvalue weighted by Crippen LogP contribution is 2.32. The number of nitrogens with zero attached hydrogens (tertiary/aromatic N) is 1. The van der Waals surface area contributed by atoms with Gasteiger partial charge in [-0.15, -0.1) is 0 Å². The molecule has 1 aromatic carbocycles. The first-order chi connectivity index (χ1) is 11.9. The summed E-state index contributed by atoms with van der Waals surface area (Å²) in [7, 11) is 1.75. The third-order valence-electron chi connectivity index (χ3n) is 4.85. The highest BCUT2D eigenvalue weighted by atomic mass is 16.3. The monoisotopic (exact) mass is 343 g/mol. The number of fused-ring (bicyclic) bond motifs is 1. The van der Waals surface area contributed by atoms with Crippen LogP contribution in [0.4, 0.5) is 4.79 Å². The molecule has 1 saturated heterocycles. The first kappa shape index (κ1) is 17.3. The lowest BCUT2D eigenvalue weighted by Crippen LogP contribution is -2.47. The van der Waals surface area contributed by atoms with E-state index in [0.29, 0.717) is 13.0 Å². The average Bonchev–Trinajstić information content (AvgIpc) is 3.07. The first-order valence-electron chi connectivity index (χ1n) is 8.68. The van der Waals surface area contributed by atoms with Gasteiger partial charge in [-0.25, -0.2) is 4.79 Å². The van der Waals surface area contributed by atoms with E-state index in [1.165, 1.54) is 0 Å². The van der Waals surface area contributed by atoms with Gasteiger partial charge < -0.3 is 20.0 Å². The van der Waals surface area contributed by atoms with Crippen molar-refractivity contribution in [2.45, 2.75) is 39.3 Å². The number of aryl methyl sites for hydroxylation is 1. The van der Waals surface area contributed by atoms with E-state index in [-0.39, 0.29) is 23.9 Å². The van der Waals surface area contributed by atoms with E-state index in [1.807, 2.05) is 45.0 Å². The smallest absolute Gasteiger partial charge is 0.316 e. The molecule has 0 bridgehead atoms. The number of carbonyl (C=O) groups is 2. The number of likely N-dealkylation sites (tertiary alicyclic amines) is 1. The van der Waals surface area contributed by atoms with E-state index >= 15 is 0 Å². The predicted molar refractivity (Wildman–Crippen MR) is 96.2 cm³/mol. The van der Waals surface area contributed by atoms with Crippen molar-refractivity contribution in [3.8, 4) is 0 Å². The Morgan fingerprint density at radius 1 is 1.32 bits per heavy atom. The summed E-state index contributed by atoms with van der Waals surface area (Å²) in [5.41, 5.74) is 1.85. The second kappa shape index (κ2) is 6.78. The highest BCUT2D eigenvalue weighted by molar-refractivity contribution is 5.88. The van der Waals surface area contributed by atoms with Gasteiger partial charge in [0.15, 0.2) is 0 Å². The maximum absolute atomic E-state index is 12.4. The standard InChI is InChI=1S/C19H25N3O3/c1-11(2)16(17-12(3)13-7-5-6-8-15(13)25-17)21-19(24)20-14-9-10-22(4)18(14)23/h5-8,11,14,16H,9-10H2,1-4H3,(H2,20,21,24)/t14?,16-/m0/s1. The van der Waals surface area contributed by atoms with Crippen molar-refractivity contribution in [2.75, 3.05) is 13.6 Å². The van der Waals surface area contributed by atoms with E-state index < -0.39 is 6.04 Å². The van der Waals surface area contributed by atoms with Crippen molar-refractivity contribution in [3.05, 3.63) is 35.6 Å². The molecular weight excluding hydrogens is 318 g/mol. The van der Waals surface area contributed by atoms with E-state index in [1.54, 1.807) is 11.9 Å². The molecule has 1 aliphatic heterocycles. The quantitative estimate of drug-likeness (QED) is 0.896. The second-order valence-corrected chi connectivity index (χ2v) is 7.03. The fraction of sp³-hybridized carbons (Fsp3) is 0.474. The van der Waals surface area contributed by atoms with E-state index in [9.17, 15) is 9.59 Å². The number of benzene rings is 1. The zero-order chi connectivity index (χ0) is 18.1. The molecule has 3 amide bonds. The molecule has 6 nitrogen and oxygen atoms in total. The zero-order valence-corrected chi connectivity index (χ0v) is 15.1. The number of hydrogen-bond acceptors (Lipinski definition) is 3. The first-order valence-corrected chi connectivity index (χ1v) is 8.68. The van der Waals surface area contributed by atoms with Gasteiger partial charge in [-0.1, -0.05) is 32.0 Å². The van der Waals surface area contributed by atoms with Crippen LogP contribution in [-0.4, -0.2) is 36.5 Å². The van der Waals surface area contributed by atoms with Gasteiger partial charge in [0.25, 0.3) is 0 Å². The summed E-state index contributed by atoms with van der Waals surface area (Å²) in [6.45, 7) is 6.74. The predicted octanol–water partition coefficient (Wildman–Crippen LogP) is 2.97. The Bertz CT molecular complexity index is 796. The summed E-state index contributed by atoms with van der Waals surface area (Å²) in [5, 5.41) is 6.82. The van der Waals surface area contributed by atoms with Crippen LogP contribution in [0, 0.1) is 12.8 Å². The second-order valence-electron chi connectivity index (χ2n) is 7.03. The molecule has 0 radical (unpaired) electrons. The minimum atomic E-state index is -0.449. The van der Waals surface area contributed by atoms with Crippen LogP contribution in [0.15, 0.2) is 28.7 Å². The van der Waals surface area contributed by atoms with Crippen LogP contribution in [0.3, 0.4) is 0 Å². The molecule has 1 aliphatic rings. The summed E-state index contributed by atoms with van der Waals surface area (Å²) >= 11 is 0. The topological polar surface area (TPSA) is 74.6 Å². The average molecular weight is 343 g/mol. The van der Waals surface area contributed by atoms with Crippen molar-refractivity contribution in [1.29, 1.82) is 0 Å². The fourth-order valence-corrected chi connectivity index (χ4v) is 3.32. The van der Waals surface area contributed by atoms with Crippen molar-refractivity contribution >= 4 is 22.9 Å². The van der Waals surface area contributed by atoms with Gasteiger partial charge in [-0.05, 0) is 25.3 Å². The maximum atomic E-state index is 12.4. The number of carbonyl (C=O) groups excluding carboxylic acids is 2. The molecule has 1 aromatic heterocycles. The Balaban J connectivity index is 1.78. The van der Waals surface area contributed by atoms with Crippen molar-refractivity contribution < 1.29 is 14.0 Å². The molecule has 2 aromatic rings. The zero-order valence-electron chi connectivity index (χ0n) is 15.1. The van der Waals surface area contributed by atoms with E-state index in [2.05, 4.69) is 10.6 Å². The third kappa shape index (κ3) is 3.34. The third-order valence-corrected chi connectivity index (χ3v) is 4.85. The molecular formula is C19H25N3O3. The Morgan fingerprint density at radius 3 is 2.64 bits per heavy atom. The minimum Gasteiger partial charge on any atom is -0.459 e. The summed E-state index contributed by atoms with van der Waals surface area (Å²) in [6.07, 6.45) is 0.638. The Labute approximate surface area is 147 Å². The fourth-order valence-electron chi connectivity index (χ4n) is 3.32. The minimum absolute atomic E-state index is 0.0452. The molecule has 0 spiro atoms. The van der Waals surface area contributed by atoms with Crippen LogP contribution >= 0.6 is 0 Å². The molecule has 0 aliphatic carbocycles. The summed E-state index contributed by atoms with van der Waals surface area (Å²) in [5.74, 6) is 0.865. The Morgan fingerprint density at radius 2 is 2.04 bits per heavy atom. The lowest BCUT2D eigenvalue weighted by atomic mass is 9.98. The van der Waals surface area contributed by atoms with E-state index in [0.717, 1.165) is 22.3 Å². The van der Waals surface area contributed by atoms with Gasteiger partial charge in [0, 0.05) is 24.5 Å². The maximum Gasteiger partial charge on any atom is 0.316 e. The number of amides is 3. The molecule has 1 unspecified atom stereocenters. The normalized spacial score (nSPS) is 18.8. The van der Waals surface area contributed by atoms with E-state index in [4.69, 9.17) is 4.42 Å². The highest BCUT2D eigenvalue weighted by Gasteiger charge is 2.32. The number of furan rings is 1. The van der Waals surface area contributed by atoms with Crippen molar-refractivity contribution in [3.63, 3.8) is 0 Å². The number of likely N-dealkylation sites (N-methyl/N-ethyl adjacent to an activating group) is 1. The van der Waals surface area contributed by atoms with Crippen LogP contribution in [0.2, 0.25) is 0 Å². The van der Waals surface area contributed by atoms with Gasteiger partial charge in [0.05, 0.1) is 6.04 Å². The number of nitrogens with one attached hydrogen (secondary N) is 2. The number of urea groups is 1. The lowest BCUT2D eigenvalue weighted by Gasteiger charge is -2.22. The molecule has 25 heavy (non-hydrogen) atoms. The number of para-hydroxylation sites is 1. The van der Waals surface area contributed by atoms with Gasteiger partial charge >= 0.3 is 6.03 Å². The van der Waals surface area contributed by atoms with Crippen LogP contribution in [0.25, 0.3) is 11.0 Å². The molecule has 1 fully saturated rings. The SMILES string of the molecule is Cc1c([C@@H](NC(=O)NC2CCN(C)C2=O)C(C)C)oc2ccccc12. The molecule has 3 rings (SSSR count). The summed E-state index contributed by atoms with van der Waals surface area (Å²) < 4.78 is 6.01. The van der Waals surface area contributed by atoms with Crippen LogP contribution in [-0.2, 0) is 4.79 Å². The van der Waals surface area contributed by atoms with Crippen molar-refractivity contribution in [2.24, 2.45) is 5.92 Å². The van der Waals surface area contributed by atoms with Gasteiger partial charge in [0.2, 0.25) is 5.91 Å². The molecule has 2 atom stereocenters. The Hall–Kier alpha value is -2.50. The largest absolute Gasteiger partial charge is 0.459 e. The molecule has 0 saturated carbocycles. The molecule has 134 valence electrons. The van der Waals surface area contributed by atoms with Crippen LogP contribution in [0.1, 0.15) is 37.6 Å². The van der Waals surface area contributed by atoms with Gasteiger partial charge in [-0.3, -0.25) is 4.79 Å². The Kier molecular flexibility index (Phi) is 4.70. The molecule has 2 N–H and O–H groups in total. The summed E-state index contributed by atoms with van der Waals surface area (Å²) in [6, 6.07) is 6.80. The number of hydrogen-bond donors (Lipinski definition) is 2. The van der Waals surface area contributed by atoms with Gasteiger partial charge in [0.1, 0.15) is 17.4 Å². The number of rotatable bonds is 4. The van der Waals surface area contributed by atoms with Crippen LogP contribution in [0.5, 0.6) is 0 Å². The lowest BCUT2D eigenvalue weighted by molar-refractivity contribution is -0.128. The molecule has 2 heterocycles. The van der Waals surface area contributed by atoms with Crippen molar-refractivity contribution in [1.82, 2.24) is 15.5 Å². The summed E-state index contributed by atoms with van der Waals surface area (Å²) in [4.78, 5) is 26.0. The molecule has 6 heteroatoms.